The fourth-order valence-corrected chi connectivity index (χ4v) is 5.92. The molecule has 1 saturated heterocycles. The van der Waals surface area contributed by atoms with E-state index in [1.165, 1.54) is 16.7 Å². The molecule has 0 aliphatic carbocycles. The number of ether oxygens (including phenoxy) is 1. The number of carbonyl (C=O) groups is 1. The van der Waals surface area contributed by atoms with Crippen molar-refractivity contribution < 1.29 is 9.53 Å². The van der Waals surface area contributed by atoms with Crippen molar-refractivity contribution in [2.75, 3.05) is 25.0 Å². The summed E-state index contributed by atoms with van der Waals surface area (Å²) < 4.78 is 5.66. The van der Waals surface area contributed by atoms with Crippen LogP contribution < -0.4 is 10.1 Å². The smallest absolute Gasteiger partial charge is 0.235 e. The lowest BCUT2D eigenvalue weighted by Crippen LogP contribution is -2.51. The molecule has 0 radical (unpaired) electrons. The molecule has 3 aliphatic heterocycles. The number of amides is 1. The first kappa shape index (κ1) is 19.6. The van der Waals surface area contributed by atoms with Gasteiger partial charge < -0.3 is 10.1 Å². The Morgan fingerprint density at radius 1 is 1.00 bits per heavy atom. The molecule has 1 unspecified atom stereocenters. The lowest BCUT2D eigenvalue weighted by Gasteiger charge is -2.42. The Labute approximate surface area is 189 Å². The second kappa shape index (κ2) is 7.79. The van der Waals surface area contributed by atoms with Gasteiger partial charge in [0.15, 0.2) is 0 Å². The molecule has 2 atom stereocenters. The molecule has 4 nitrogen and oxygen atoms in total. The molecule has 6 rings (SSSR count). The van der Waals surface area contributed by atoms with Crippen LogP contribution in [-0.4, -0.2) is 30.5 Å². The van der Waals surface area contributed by atoms with Gasteiger partial charge >= 0.3 is 0 Å². The molecule has 162 valence electrons. The fourth-order valence-electron chi connectivity index (χ4n) is 5.92. The quantitative estimate of drug-likeness (QED) is 0.667. The van der Waals surface area contributed by atoms with Gasteiger partial charge in [-0.2, -0.15) is 0 Å². The Bertz CT molecular complexity index is 1160. The van der Waals surface area contributed by atoms with E-state index in [0.717, 1.165) is 62.5 Å². The highest BCUT2D eigenvalue weighted by Crippen LogP contribution is 2.45. The highest BCUT2D eigenvalue weighted by Gasteiger charge is 2.51. The van der Waals surface area contributed by atoms with E-state index in [4.69, 9.17) is 4.74 Å². The molecule has 0 saturated carbocycles. The molecule has 1 fully saturated rings. The van der Waals surface area contributed by atoms with Crippen molar-refractivity contribution in [3.05, 3.63) is 95.1 Å². The number of likely N-dealkylation sites (tertiary alicyclic amines) is 1. The van der Waals surface area contributed by atoms with E-state index < -0.39 is 5.41 Å². The van der Waals surface area contributed by atoms with Crippen molar-refractivity contribution >= 4 is 11.6 Å². The Hall–Kier alpha value is -3.11. The number of rotatable bonds is 4. The van der Waals surface area contributed by atoms with E-state index in [1.807, 2.05) is 18.2 Å². The third kappa shape index (κ3) is 3.21. The monoisotopic (exact) mass is 424 g/mol. The van der Waals surface area contributed by atoms with Crippen LogP contribution in [0.3, 0.4) is 0 Å². The summed E-state index contributed by atoms with van der Waals surface area (Å²) in [6.45, 7) is 3.66. The summed E-state index contributed by atoms with van der Waals surface area (Å²) in [5.41, 5.74) is 5.45. The van der Waals surface area contributed by atoms with Crippen LogP contribution in [0.5, 0.6) is 5.75 Å². The third-order valence-corrected chi connectivity index (χ3v) is 7.56. The first-order chi connectivity index (χ1) is 15.7. The van der Waals surface area contributed by atoms with Crippen LogP contribution in [0.2, 0.25) is 0 Å². The molecule has 1 N–H and O–H groups in total. The number of anilines is 1. The standard InChI is InChI=1S/C28H28N2O2/c31-27-28(23-7-2-1-3-8-23,17-22-6-4-5-9-25(22)29-27)24-12-14-30(19-24)18-20-10-11-26-21(16-20)13-15-32-26/h1-11,16,24H,12-15,17-19H2,(H,29,31)/t24-,28?/m1/s1. The molecular formula is C28H28N2O2. The Kier molecular flexibility index (Phi) is 4.76. The second-order valence-corrected chi connectivity index (χ2v) is 9.39. The summed E-state index contributed by atoms with van der Waals surface area (Å²) >= 11 is 0. The predicted molar refractivity (Wildman–Crippen MR) is 126 cm³/mol. The van der Waals surface area contributed by atoms with Crippen LogP contribution in [0, 0.1) is 5.92 Å². The minimum absolute atomic E-state index is 0.143. The van der Waals surface area contributed by atoms with Gasteiger partial charge in [-0.05, 0) is 59.7 Å². The predicted octanol–water partition coefficient (Wildman–Crippen LogP) is 4.58. The van der Waals surface area contributed by atoms with Gasteiger partial charge in [0, 0.05) is 25.2 Å². The van der Waals surface area contributed by atoms with Crippen LogP contribution in [-0.2, 0) is 29.6 Å². The molecule has 0 spiro atoms. The number of benzene rings is 3. The molecule has 3 aromatic carbocycles. The molecule has 0 aromatic heterocycles. The zero-order valence-corrected chi connectivity index (χ0v) is 18.2. The summed E-state index contributed by atoms with van der Waals surface area (Å²) in [4.78, 5) is 16.2. The average molecular weight is 425 g/mol. The number of nitrogens with one attached hydrogen (secondary N) is 1. The van der Waals surface area contributed by atoms with Gasteiger partial charge in [-0.3, -0.25) is 9.69 Å². The fraction of sp³-hybridized carbons (Fsp3) is 0.321. The van der Waals surface area contributed by atoms with Gasteiger partial charge in [-0.25, -0.2) is 0 Å². The minimum atomic E-state index is -0.532. The lowest BCUT2D eigenvalue weighted by molar-refractivity contribution is -0.124. The van der Waals surface area contributed by atoms with Crippen molar-refractivity contribution in [2.24, 2.45) is 5.92 Å². The van der Waals surface area contributed by atoms with Gasteiger partial charge in [0.1, 0.15) is 5.75 Å². The third-order valence-electron chi connectivity index (χ3n) is 7.56. The highest BCUT2D eigenvalue weighted by atomic mass is 16.5. The molecule has 4 heteroatoms. The number of carbonyl (C=O) groups excluding carboxylic acids is 1. The molecule has 3 heterocycles. The Balaban J connectivity index is 1.30. The van der Waals surface area contributed by atoms with Crippen molar-refractivity contribution in [1.82, 2.24) is 4.90 Å². The maximum absolute atomic E-state index is 13.7. The van der Waals surface area contributed by atoms with Crippen molar-refractivity contribution in [2.45, 2.75) is 31.2 Å². The zero-order valence-electron chi connectivity index (χ0n) is 18.2. The first-order valence-electron chi connectivity index (χ1n) is 11.6. The summed E-state index contributed by atoms with van der Waals surface area (Å²) in [6.07, 6.45) is 2.79. The topological polar surface area (TPSA) is 41.6 Å². The Morgan fingerprint density at radius 2 is 1.84 bits per heavy atom. The molecule has 32 heavy (non-hydrogen) atoms. The van der Waals surface area contributed by atoms with Crippen LogP contribution >= 0.6 is 0 Å². The van der Waals surface area contributed by atoms with Gasteiger partial charge in [-0.15, -0.1) is 0 Å². The van der Waals surface area contributed by atoms with Gasteiger partial charge in [0.25, 0.3) is 0 Å². The van der Waals surface area contributed by atoms with Crippen molar-refractivity contribution in [3.63, 3.8) is 0 Å². The largest absolute Gasteiger partial charge is 0.493 e. The summed E-state index contributed by atoms with van der Waals surface area (Å²) in [5, 5.41) is 3.25. The zero-order chi connectivity index (χ0) is 21.5. The lowest BCUT2D eigenvalue weighted by atomic mass is 9.64. The van der Waals surface area contributed by atoms with Crippen LogP contribution in [0.4, 0.5) is 5.69 Å². The maximum atomic E-state index is 13.7. The normalized spacial score (nSPS) is 24.5. The number of hydrogen-bond acceptors (Lipinski definition) is 3. The number of para-hydroxylation sites is 1. The summed E-state index contributed by atoms with van der Waals surface area (Å²) in [6, 6.07) is 25.3. The second-order valence-electron chi connectivity index (χ2n) is 9.39. The summed E-state index contributed by atoms with van der Waals surface area (Å²) in [7, 11) is 0. The molecule has 3 aliphatic rings. The van der Waals surface area contributed by atoms with E-state index in [2.05, 4.69) is 64.8 Å². The first-order valence-corrected chi connectivity index (χ1v) is 11.6. The SMILES string of the molecule is O=C1Nc2ccccc2CC1(c1ccccc1)[C@@H]1CCN(Cc2ccc3c(c2)CCO3)C1. The average Bonchev–Trinajstić information content (AvgIpc) is 3.49. The number of nitrogens with zero attached hydrogens (tertiary/aromatic N) is 1. The number of hydrogen-bond donors (Lipinski definition) is 1. The molecular weight excluding hydrogens is 396 g/mol. The van der Waals surface area contributed by atoms with E-state index >= 15 is 0 Å². The minimum Gasteiger partial charge on any atom is -0.493 e. The van der Waals surface area contributed by atoms with E-state index in [0.29, 0.717) is 0 Å². The van der Waals surface area contributed by atoms with E-state index in [9.17, 15) is 4.79 Å². The highest BCUT2D eigenvalue weighted by molar-refractivity contribution is 6.02. The molecule has 3 aromatic rings. The van der Waals surface area contributed by atoms with E-state index in [-0.39, 0.29) is 11.8 Å². The van der Waals surface area contributed by atoms with Crippen molar-refractivity contribution in [1.29, 1.82) is 0 Å². The van der Waals surface area contributed by atoms with Crippen molar-refractivity contribution in [3.8, 4) is 5.75 Å². The molecule has 1 amide bonds. The van der Waals surface area contributed by atoms with Gasteiger partial charge in [-0.1, -0.05) is 60.7 Å². The van der Waals surface area contributed by atoms with Gasteiger partial charge in [0.2, 0.25) is 5.91 Å². The Morgan fingerprint density at radius 3 is 2.75 bits per heavy atom. The maximum Gasteiger partial charge on any atom is 0.235 e. The number of fused-ring (bicyclic) bond motifs is 2. The molecule has 0 bridgehead atoms. The van der Waals surface area contributed by atoms with Gasteiger partial charge in [0.05, 0.1) is 12.0 Å². The summed E-state index contributed by atoms with van der Waals surface area (Å²) in [5.74, 6) is 1.45. The van der Waals surface area contributed by atoms with Crippen LogP contribution in [0.1, 0.15) is 28.7 Å². The van der Waals surface area contributed by atoms with Crippen LogP contribution in [0.25, 0.3) is 0 Å². The van der Waals surface area contributed by atoms with Crippen LogP contribution in [0.15, 0.2) is 72.8 Å². The van der Waals surface area contributed by atoms with E-state index in [1.54, 1.807) is 0 Å².